The molecule has 2 heterocycles. The number of benzene rings is 1. The number of carbonyl (C=O) groups excluding carboxylic acids is 1. The number of Topliss-reactive ketones (excluding diaryl/α,β-unsaturated/α-hetero) is 1. The van der Waals surface area contributed by atoms with E-state index >= 15 is 0 Å². The Balaban J connectivity index is 1.98. The lowest BCUT2D eigenvalue weighted by molar-refractivity contribution is -0.0145. The zero-order valence-electron chi connectivity index (χ0n) is 10.5. The number of hydrogen-bond acceptors (Lipinski definition) is 5. The summed E-state index contributed by atoms with van der Waals surface area (Å²) in [7, 11) is 0. The summed E-state index contributed by atoms with van der Waals surface area (Å²) >= 11 is 1.47. The van der Waals surface area contributed by atoms with E-state index < -0.39 is 0 Å². The van der Waals surface area contributed by atoms with E-state index in [-0.39, 0.29) is 29.4 Å². The zero-order valence-corrected chi connectivity index (χ0v) is 11.3. The van der Waals surface area contributed by atoms with Crippen LogP contribution >= 0.6 is 11.8 Å². The number of nitrogens with two attached hydrogens (primary N) is 1. The third-order valence-corrected chi connectivity index (χ3v) is 5.04. The highest BCUT2D eigenvalue weighted by molar-refractivity contribution is 7.99. The summed E-state index contributed by atoms with van der Waals surface area (Å²) in [5.74, 6) is 0.165. The van der Waals surface area contributed by atoms with E-state index in [1.54, 1.807) is 6.92 Å². The van der Waals surface area contributed by atoms with E-state index in [1.807, 2.05) is 4.90 Å². The molecule has 4 nitrogen and oxygen atoms in total. The van der Waals surface area contributed by atoms with Crippen LogP contribution in [0.5, 0.6) is 0 Å². The van der Waals surface area contributed by atoms with Gasteiger partial charge in [-0.25, -0.2) is 4.39 Å². The van der Waals surface area contributed by atoms with Gasteiger partial charge in [0.25, 0.3) is 0 Å². The molecular weight excluding hydrogens is 267 g/mol. The number of fused-ring (bicyclic) bond motifs is 1. The summed E-state index contributed by atoms with van der Waals surface area (Å²) in [5.41, 5.74) is 6.95. The van der Waals surface area contributed by atoms with E-state index in [1.165, 1.54) is 17.8 Å². The summed E-state index contributed by atoms with van der Waals surface area (Å²) in [6.07, 6.45) is -0.341. The monoisotopic (exact) mass is 282 g/mol. The molecule has 0 aromatic heterocycles. The van der Waals surface area contributed by atoms with E-state index in [9.17, 15) is 14.3 Å². The average molecular weight is 282 g/mol. The van der Waals surface area contributed by atoms with Crippen molar-refractivity contribution in [2.75, 3.05) is 24.6 Å². The number of aliphatic hydroxyl groups is 1. The molecule has 0 bridgehead atoms. The number of ketones is 1. The number of nitrogens with zero attached hydrogens (tertiary/aromatic N) is 1. The molecule has 3 rings (SSSR count). The molecule has 0 saturated carbocycles. The predicted molar refractivity (Wildman–Crippen MR) is 72.0 cm³/mol. The molecule has 3 N–H and O–H groups in total. The maximum atomic E-state index is 13.6. The van der Waals surface area contributed by atoms with Gasteiger partial charge in [0.15, 0.2) is 5.78 Å². The lowest BCUT2D eigenvalue weighted by Gasteiger charge is -2.42. The number of nitrogen functional groups attached to an aromatic ring is 1. The Hall–Kier alpha value is -1.11. The molecule has 2 aliphatic heterocycles. The highest BCUT2D eigenvalue weighted by atomic mass is 32.2. The minimum atomic E-state index is -0.366. The molecule has 102 valence electrons. The maximum absolute atomic E-state index is 13.6. The third kappa shape index (κ3) is 1.94. The van der Waals surface area contributed by atoms with Gasteiger partial charge in [-0.15, -0.1) is 11.8 Å². The Kier molecular flexibility index (Phi) is 3.03. The number of anilines is 1. The zero-order chi connectivity index (χ0) is 13.7. The standard InChI is InChI=1S/C13H15FN2O2S/c1-6-8(14)2-9(15)11-12(18)10(5-19-13(6)11)16-3-7(17)4-16/h2,7,10,17H,3-5,15H2,1H3. The lowest BCUT2D eigenvalue weighted by Crippen LogP contribution is -2.59. The van der Waals surface area contributed by atoms with Crippen LogP contribution in [0.3, 0.4) is 0 Å². The van der Waals surface area contributed by atoms with Crippen LogP contribution in [-0.4, -0.2) is 46.8 Å². The van der Waals surface area contributed by atoms with Crippen LogP contribution < -0.4 is 5.73 Å². The van der Waals surface area contributed by atoms with Gasteiger partial charge >= 0.3 is 0 Å². The van der Waals surface area contributed by atoms with Gasteiger partial charge in [-0.3, -0.25) is 9.69 Å². The summed E-state index contributed by atoms with van der Waals surface area (Å²) in [6, 6.07) is 0.966. The largest absolute Gasteiger partial charge is 0.398 e. The van der Waals surface area contributed by atoms with Crippen LogP contribution in [0, 0.1) is 12.7 Å². The number of halogens is 1. The summed E-state index contributed by atoms with van der Waals surface area (Å²) in [4.78, 5) is 15.1. The number of rotatable bonds is 1. The van der Waals surface area contributed by atoms with Crippen molar-refractivity contribution in [3.63, 3.8) is 0 Å². The minimum Gasteiger partial charge on any atom is -0.398 e. The Morgan fingerprint density at radius 2 is 2.21 bits per heavy atom. The smallest absolute Gasteiger partial charge is 0.184 e. The SMILES string of the molecule is Cc1c(F)cc(N)c2c1SCC(N1CC(O)C1)C2=O. The second-order valence-corrected chi connectivity index (χ2v) is 6.11. The van der Waals surface area contributed by atoms with Crippen molar-refractivity contribution >= 4 is 23.2 Å². The molecule has 0 radical (unpaired) electrons. The van der Waals surface area contributed by atoms with Crippen molar-refractivity contribution in [1.82, 2.24) is 4.90 Å². The maximum Gasteiger partial charge on any atom is 0.184 e. The first-order chi connectivity index (χ1) is 8.99. The van der Waals surface area contributed by atoms with Crippen molar-refractivity contribution in [2.24, 2.45) is 0 Å². The van der Waals surface area contributed by atoms with Gasteiger partial charge in [0, 0.05) is 29.4 Å². The number of thioether (sulfide) groups is 1. The van der Waals surface area contributed by atoms with Gasteiger partial charge < -0.3 is 10.8 Å². The summed E-state index contributed by atoms with van der Waals surface area (Å²) in [5, 5.41) is 9.33. The fourth-order valence-electron chi connectivity index (χ4n) is 2.60. The van der Waals surface area contributed by atoms with Crippen LogP contribution in [0.25, 0.3) is 0 Å². The van der Waals surface area contributed by atoms with Gasteiger partial charge in [0.05, 0.1) is 17.7 Å². The Bertz CT molecular complexity index is 558. The lowest BCUT2D eigenvalue weighted by atomic mass is 9.96. The van der Waals surface area contributed by atoms with Crippen molar-refractivity contribution < 1.29 is 14.3 Å². The van der Waals surface area contributed by atoms with Crippen LogP contribution in [0.4, 0.5) is 10.1 Å². The van der Waals surface area contributed by atoms with Crippen LogP contribution in [-0.2, 0) is 0 Å². The average Bonchev–Trinajstić information content (AvgIpc) is 2.32. The van der Waals surface area contributed by atoms with Gasteiger partial charge in [-0.05, 0) is 18.6 Å². The number of aliphatic hydroxyl groups excluding tert-OH is 1. The van der Waals surface area contributed by atoms with Gasteiger partial charge in [-0.2, -0.15) is 0 Å². The molecule has 0 amide bonds. The van der Waals surface area contributed by atoms with Crippen LogP contribution in [0.2, 0.25) is 0 Å². The topological polar surface area (TPSA) is 66.6 Å². The first-order valence-electron chi connectivity index (χ1n) is 6.16. The quantitative estimate of drug-likeness (QED) is 0.754. The third-order valence-electron chi connectivity index (χ3n) is 3.76. The number of carbonyl (C=O) groups is 1. The molecule has 1 aromatic carbocycles. The molecule has 0 spiro atoms. The predicted octanol–water partition coefficient (Wildman–Crippen LogP) is 1.05. The fourth-order valence-corrected chi connectivity index (χ4v) is 3.96. The van der Waals surface area contributed by atoms with E-state index in [4.69, 9.17) is 5.73 Å². The van der Waals surface area contributed by atoms with E-state index in [2.05, 4.69) is 0 Å². The Labute approximate surface area is 114 Å². The molecule has 1 aromatic rings. The second-order valence-electron chi connectivity index (χ2n) is 5.08. The Morgan fingerprint density at radius 1 is 1.53 bits per heavy atom. The molecule has 2 aliphatic rings. The fraction of sp³-hybridized carbons (Fsp3) is 0.462. The summed E-state index contributed by atoms with van der Waals surface area (Å²) < 4.78 is 13.6. The Morgan fingerprint density at radius 3 is 2.84 bits per heavy atom. The molecule has 0 aliphatic carbocycles. The van der Waals surface area contributed by atoms with E-state index in [0.29, 0.717) is 34.9 Å². The minimum absolute atomic E-state index is 0.0544. The van der Waals surface area contributed by atoms with Crippen molar-refractivity contribution in [1.29, 1.82) is 0 Å². The molecule has 19 heavy (non-hydrogen) atoms. The van der Waals surface area contributed by atoms with Crippen LogP contribution in [0.15, 0.2) is 11.0 Å². The number of hydrogen-bond donors (Lipinski definition) is 2. The summed E-state index contributed by atoms with van der Waals surface area (Å²) in [6.45, 7) is 2.71. The highest BCUT2D eigenvalue weighted by Crippen LogP contribution is 2.39. The molecular formula is C13H15FN2O2S. The molecule has 1 fully saturated rings. The molecule has 1 atom stereocenters. The first kappa shape index (κ1) is 12.9. The van der Waals surface area contributed by atoms with Crippen molar-refractivity contribution in [3.8, 4) is 0 Å². The normalized spacial score (nSPS) is 24.2. The number of likely N-dealkylation sites (tertiary alicyclic amines) is 1. The van der Waals surface area contributed by atoms with Gasteiger partial charge in [-0.1, -0.05) is 0 Å². The molecule has 1 saturated heterocycles. The number of β-amino-alcohol motifs (C(OH)–C–C–N with tert-alkyl or cyclic N) is 1. The van der Waals surface area contributed by atoms with Gasteiger partial charge in [0.1, 0.15) is 5.82 Å². The van der Waals surface area contributed by atoms with Crippen LogP contribution in [0.1, 0.15) is 15.9 Å². The first-order valence-corrected chi connectivity index (χ1v) is 7.15. The molecule has 6 heteroatoms. The highest BCUT2D eigenvalue weighted by Gasteiger charge is 2.40. The molecule has 1 unspecified atom stereocenters. The van der Waals surface area contributed by atoms with Crippen molar-refractivity contribution in [3.05, 3.63) is 23.0 Å². The van der Waals surface area contributed by atoms with E-state index in [0.717, 1.165) is 0 Å². The van der Waals surface area contributed by atoms with Gasteiger partial charge in [0.2, 0.25) is 0 Å². The second kappa shape index (κ2) is 4.47. The van der Waals surface area contributed by atoms with Crippen molar-refractivity contribution in [2.45, 2.75) is 24.0 Å².